The van der Waals surface area contributed by atoms with Crippen molar-refractivity contribution in [1.82, 2.24) is 4.72 Å². The number of hydrogen-bond donors (Lipinski definition) is 1. The monoisotopic (exact) mass is 219 g/mol. The number of ether oxygens (including phenoxy) is 1. The summed E-state index contributed by atoms with van der Waals surface area (Å²) >= 11 is 0. The third kappa shape index (κ3) is 2.10. The first-order valence-electron chi connectivity index (χ1n) is 5.26. The molecule has 5 heteroatoms. The quantitative estimate of drug-likeness (QED) is 0.754. The van der Waals surface area contributed by atoms with E-state index in [2.05, 4.69) is 4.72 Å². The minimum atomic E-state index is -3.07. The molecule has 0 aromatic carbocycles. The molecule has 3 unspecified atom stereocenters. The zero-order chi connectivity index (χ0) is 10.2. The molecule has 2 aliphatic heterocycles. The summed E-state index contributed by atoms with van der Waals surface area (Å²) in [5, 5.41) is 0. The van der Waals surface area contributed by atoms with Gasteiger partial charge in [0, 0.05) is 0 Å². The summed E-state index contributed by atoms with van der Waals surface area (Å²) in [6.45, 7) is 1.87. The Labute approximate surface area is 85.1 Å². The van der Waals surface area contributed by atoms with Crippen LogP contribution < -0.4 is 4.72 Å². The Morgan fingerprint density at radius 1 is 1.43 bits per heavy atom. The van der Waals surface area contributed by atoms with Crippen molar-refractivity contribution < 1.29 is 13.2 Å². The van der Waals surface area contributed by atoms with Crippen LogP contribution in [-0.4, -0.2) is 32.4 Å². The van der Waals surface area contributed by atoms with Crippen LogP contribution in [0.3, 0.4) is 0 Å². The van der Waals surface area contributed by atoms with E-state index in [1.807, 2.05) is 6.92 Å². The highest BCUT2D eigenvalue weighted by molar-refractivity contribution is 7.89. The van der Waals surface area contributed by atoms with Gasteiger partial charge in [0.15, 0.2) is 0 Å². The number of hydrogen-bond acceptors (Lipinski definition) is 3. The molecule has 2 fully saturated rings. The molecular weight excluding hydrogens is 202 g/mol. The Kier molecular flexibility index (Phi) is 2.81. The molecule has 0 radical (unpaired) electrons. The number of rotatable bonds is 4. The maximum Gasteiger partial charge on any atom is 0.211 e. The molecule has 82 valence electrons. The second-order valence-electron chi connectivity index (χ2n) is 4.15. The highest BCUT2D eigenvalue weighted by Gasteiger charge is 2.42. The highest BCUT2D eigenvalue weighted by atomic mass is 32.2. The van der Waals surface area contributed by atoms with Gasteiger partial charge in [-0.1, -0.05) is 6.92 Å². The maximum atomic E-state index is 11.5. The summed E-state index contributed by atoms with van der Waals surface area (Å²) in [7, 11) is -3.07. The zero-order valence-corrected chi connectivity index (χ0v) is 9.22. The summed E-state index contributed by atoms with van der Waals surface area (Å²) in [4.78, 5) is 0. The molecule has 2 saturated heterocycles. The van der Waals surface area contributed by atoms with E-state index in [-0.39, 0.29) is 17.9 Å². The third-order valence-electron chi connectivity index (χ3n) is 2.91. The van der Waals surface area contributed by atoms with Gasteiger partial charge in [-0.3, -0.25) is 0 Å². The first kappa shape index (κ1) is 10.4. The molecule has 0 saturated carbocycles. The first-order chi connectivity index (χ1) is 6.61. The van der Waals surface area contributed by atoms with Crippen LogP contribution in [0.15, 0.2) is 0 Å². The summed E-state index contributed by atoms with van der Waals surface area (Å²) < 4.78 is 31.3. The van der Waals surface area contributed by atoms with E-state index in [1.165, 1.54) is 0 Å². The van der Waals surface area contributed by atoms with Crippen LogP contribution in [0.4, 0.5) is 0 Å². The maximum absolute atomic E-state index is 11.5. The van der Waals surface area contributed by atoms with Gasteiger partial charge in [-0.05, 0) is 25.7 Å². The van der Waals surface area contributed by atoms with Crippen molar-refractivity contribution in [3.63, 3.8) is 0 Å². The molecular formula is C9H17NO3S. The highest BCUT2D eigenvalue weighted by Crippen LogP contribution is 2.34. The second-order valence-corrected chi connectivity index (χ2v) is 6.03. The van der Waals surface area contributed by atoms with Crippen LogP contribution in [0, 0.1) is 0 Å². The van der Waals surface area contributed by atoms with Gasteiger partial charge in [0.25, 0.3) is 0 Å². The minimum Gasteiger partial charge on any atom is -0.373 e. The van der Waals surface area contributed by atoms with Gasteiger partial charge < -0.3 is 4.74 Å². The van der Waals surface area contributed by atoms with Gasteiger partial charge in [0.1, 0.15) is 0 Å². The van der Waals surface area contributed by atoms with E-state index >= 15 is 0 Å². The Bertz CT molecular complexity index is 301. The lowest BCUT2D eigenvalue weighted by atomic mass is 9.96. The van der Waals surface area contributed by atoms with Gasteiger partial charge in [0.2, 0.25) is 10.0 Å². The second kappa shape index (κ2) is 3.79. The molecule has 2 aliphatic rings. The van der Waals surface area contributed by atoms with Crippen molar-refractivity contribution in [2.45, 2.75) is 50.9 Å². The van der Waals surface area contributed by atoms with Gasteiger partial charge in [-0.2, -0.15) is 0 Å². The average Bonchev–Trinajstić information content (AvgIpc) is 2.63. The Morgan fingerprint density at radius 3 is 2.71 bits per heavy atom. The average molecular weight is 219 g/mol. The van der Waals surface area contributed by atoms with E-state index in [1.54, 1.807) is 0 Å². The normalized spacial score (nSPS) is 36.5. The molecule has 0 aromatic heterocycles. The van der Waals surface area contributed by atoms with Gasteiger partial charge >= 0.3 is 0 Å². The van der Waals surface area contributed by atoms with E-state index in [0.717, 1.165) is 19.3 Å². The fraction of sp³-hybridized carbons (Fsp3) is 1.00. The molecule has 0 spiro atoms. The Balaban J connectivity index is 1.92. The van der Waals surface area contributed by atoms with Crippen LogP contribution in [0.5, 0.6) is 0 Å². The molecule has 1 N–H and O–H groups in total. The van der Waals surface area contributed by atoms with Crippen molar-refractivity contribution in [1.29, 1.82) is 0 Å². The first-order valence-corrected chi connectivity index (χ1v) is 6.91. The SMILES string of the molecule is CCCS(=O)(=O)NC1CC2CCC1O2. The number of nitrogens with one attached hydrogen (secondary N) is 1. The van der Waals surface area contributed by atoms with E-state index < -0.39 is 10.0 Å². The van der Waals surface area contributed by atoms with Crippen molar-refractivity contribution in [3.05, 3.63) is 0 Å². The third-order valence-corrected chi connectivity index (χ3v) is 4.52. The molecule has 2 heterocycles. The summed E-state index contributed by atoms with van der Waals surface area (Å²) in [5.41, 5.74) is 0. The lowest BCUT2D eigenvalue weighted by Crippen LogP contribution is -2.42. The van der Waals surface area contributed by atoms with Crippen LogP contribution in [0.1, 0.15) is 32.6 Å². The predicted molar refractivity (Wildman–Crippen MR) is 53.5 cm³/mol. The van der Waals surface area contributed by atoms with Crippen molar-refractivity contribution in [2.24, 2.45) is 0 Å². The number of fused-ring (bicyclic) bond motifs is 2. The van der Waals surface area contributed by atoms with Crippen molar-refractivity contribution in [3.8, 4) is 0 Å². The minimum absolute atomic E-state index is 0.0327. The molecule has 2 rings (SSSR count). The van der Waals surface area contributed by atoms with E-state index in [9.17, 15) is 8.42 Å². The van der Waals surface area contributed by atoms with Gasteiger partial charge in [0.05, 0.1) is 24.0 Å². The summed E-state index contributed by atoms with van der Waals surface area (Å²) in [6.07, 6.45) is 4.05. The van der Waals surface area contributed by atoms with Gasteiger partial charge in [-0.15, -0.1) is 0 Å². The lowest BCUT2D eigenvalue weighted by molar-refractivity contribution is 0.0996. The lowest BCUT2D eigenvalue weighted by Gasteiger charge is -2.19. The standard InChI is InChI=1S/C9H17NO3S/c1-2-5-14(11,12)10-8-6-7-3-4-9(8)13-7/h7-10H,2-6H2,1H3. The molecule has 4 nitrogen and oxygen atoms in total. The largest absolute Gasteiger partial charge is 0.373 e. The molecule has 14 heavy (non-hydrogen) atoms. The van der Waals surface area contributed by atoms with Crippen molar-refractivity contribution >= 4 is 10.0 Å². The smallest absolute Gasteiger partial charge is 0.211 e. The topological polar surface area (TPSA) is 55.4 Å². The zero-order valence-electron chi connectivity index (χ0n) is 8.40. The number of sulfonamides is 1. The molecule has 0 amide bonds. The Morgan fingerprint density at radius 2 is 2.21 bits per heavy atom. The van der Waals surface area contributed by atoms with Crippen LogP contribution in [-0.2, 0) is 14.8 Å². The molecule has 3 atom stereocenters. The Hall–Kier alpha value is -0.130. The fourth-order valence-corrected chi connectivity index (χ4v) is 3.68. The van der Waals surface area contributed by atoms with Gasteiger partial charge in [-0.25, -0.2) is 13.1 Å². The van der Waals surface area contributed by atoms with Crippen LogP contribution in [0.25, 0.3) is 0 Å². The summed E-state index contributed by atoms with van der Waals surface area (Å²) in [5.74, 6) is 0.223. The summed E-state index contributed by atoms with van der Waals surface area (Å²) in [6, 6.07) is 0.0327. The molecule has 0 aliphatic carbocycles. The van der Waals surface area contributed by atoms with Crippen molar-refractivity contribution in [2.75, 3.05) is 5.75 Å². The predicted octanol–water partition coefficient (Wildman–Crippen LogP) is 0.636. The fourth-order valence-electron chi connectivity index (χ4n) is 2.32. The molecule has 0 aromatic rings. The van der Waals surface area contributed by atoms with Crippen LogP contribution >= 0.6 is 0 Å². The van der Waals surface area contributed by atoms with Crippen LogP contribution in [0.2, 0.25) is 0 Å². The molecule has 2 bridgehead atoms. The van der Waals surface area contributed by atoms with E-state index in [4.69, 9.17) is 4.74 Å². The van der Waals surface area contributed by atoms with E-state index in [0.29, 0.717) is 12.5 Å².